The predicted octanol–water partition coefficient (Wildman–Crippen LogP) is 1.91. The molecule has 0 unspecified atom stereocenters. The van der Waals surface area contributed by atoms with Crippen molar-refractivity contribution in [1.82, 2.24) is 25.2 Å². The van der Waals surface area contributed by atoms with Crippen LogP contribution >= 0.6 is 0 Å². The lowest BCUT2D eigenvalue weighted by Crippen LogP contribution is -2.30. The molecule has 3 heterocycles. The molecule has 4 rings (SSSR count). The molecular weight excluding hydrogens is 320 g/mol. The summed E-state index contributed by atoms with van der Waals surface area (Å²) in [5.41, 5.74) is 3.96. The lowest BCUT2D eigenvalue weighted by molar-refractivity contribution is 0.102. The van der Waals surface area contributed by atoms with Crippen molar-refractivity contribution in [2.24, 2.45) is 0 Å². The Hall–Kier alpha value is -3.00. The van der Waals surface area contributed by atoms with Gasteiger partial charge in [-0.25, -0.2) is 0 Å². The monoisotopic (exact) mass is 338 g/mol. The molecule has 0 atom stereocenters. The molecular formula is C17H18N6O2. The van der Waals surface area contributed by atoms with Crippen LogP contribution in [0.25, 0.3) is 11.4 Å². The first-order valence-electron chi connectivity index (χ1n) is 8.10. The number of hydrogen-bond donors (Lipinski definition) is 2. The summed E-state index contributed by atoms with van der Waals surface area (Å²) in [6.07, 6.45) is 1.62. The smallest absolute Gasteiger partial charge is 0.259 e. The largest absolute Gasteiger partial charge is 0.339 e. The molecule has 0 spiro atoms. The minimum atomic E-state index is -0.172. The molecule has 0 fully saturated rings. The number of hydrogen-bond acceptors (Lipinski definition) is 6. The van der Waals surface area contributed by atoms with Gasteiger partial charge in [0.05, 0.1) is 24.0 Å². The van der Waals surface area contributed by atoms with Crippen LogP contribution in [0.2, 0.25) is 0 Å². The van der Waals surface area contributed by atoms with E-state index in [9.17, 15) is 4.79 Å². The summed E-state index contributed by atoms with van der Waals surface area (Å²) in [6, 6.07) is 5.68. The van der Waals surface area contributed by atoms with E-state index in [1.165, 1.54) is 0 Å². The van der Waals surface area contributed by atoms with E-state index in [0.29, 0.717) is 29.5 Å². The Morgan fingerprint density at radius 1 is 1.36 bits per heavy atom. The summed E-state index contributed by atoms with van der Waals surface area (Å²) < 4.78 is 6.90. The predicted molar refractivity (Wildman–Crippen MR) is 91.1 cm³/mol. The van der Waals surface area contributed by atoms with Crippen LogP contribution in [0, 0.1) is 13.8 Å². The normalized spacial score (nSPS) is 13.5. The average molecular weight is 338 g/mol. The van der Waals surface area contributed by atoms with E-state index in [0.717, 1.165) is 29.9 Å². The summed E-state index contributed by atoms with van der Waals surface area (Å²) in [6.45, 7) is 5.96. The molecule has 0 radical (unpaired) electrons. The fourth-order valence-corrected chi connectivity index (χ4v) is 2.87. The maximum atomic E-state index is 12.7. The molecule has 1 aliphatic rings. The lowest BCUT2D eigenvalue weighted by Gasteiger charge is -2.16. The number of aromatic nitrogens is 4. The Balaban J connectivity index is 1.62. The first kappa shape index (κ1) is 15.5. The summed E-state index contributed by atoms with van der Waals surface area (Å²) in [7, 11) is 0. The molecule has 8 nitrogen and oxygen atoms in total. The van der Waals surface area contributed by atoms with Gasteiger partial charge in [-0.1, -0.05) is 17.3 Å². The zero-order chi connectivity index (χ0) is 17.4. The highest BCUT2D eigenvalue weighted by atomic mass is 16.5. The van der Waals surface area contributed by atoms with Gasteiger partial charge in [0.25, 0.3) is 5.91 Å². The van der Waals surface area contributed by atoms with Crippen molar-refractivity contribution in [3.05, 3.63) is 47.1 Å². The Morgan fingerprint density at radius 2 is 2.24 bits per heavy atom. The van der Waals surface area contributed by atoms with Crippen LogP contribution < -0.4 is 10.6 Å². The Labute approximate surface area is 144 Å². The molecule has 2 N–H and O–H groups in total. The van der Waals surface area contributed by atoms with Crippen molar-refractivity contribution in [2.45, 2.75) is 26.9 Å². The number of carbonyl (C=O) groups excluding carboxylic acids is 1. The van der Waals surface area contributed by atoms with Crippen LogP contribution in [0.3, 0.4) is 0 Å². The van der Waals surface area contributed by atoms with Crippen molar-refractivity contribution in [3.8, 4) is 11.4 Å². The van der Waals surface area contributed by atoms with E-state index in [-0.39, 0.29) is 5.91 Å². The molecule has 1 aliphatic heterocycles. The molecule has 0 bridgehead atoms. The fraction of sp³-hybridized carbons (Fsp3) is 0.294. The molecule has 0 saturated carbocycles. The highest BCUT2D eigenvalue weighted by Crippen LogP contribution is 2.24. The number of anilines is 1. The first-order chi connectivity index (χ1) is 12.1. The topological polar surface area (TPSA) is 97.9 Å². The average Bonchev–Trinajstić information content (AvgIpc) is 3.23. The van der Waals surface area contributed by atoms with E-state index >= 15 is 0 Å². The van der Waals surface area contributed by atoms with E-state index in [1.54, 1.807) is 13.1 Å². The van der Waals surface area contributed by atoms with E-state index in [2.05, 4.69) is 25.9 Å². The number of rotatable bonds is 3. The van der Waals surface area contributed by atoms with E-state index in [1.807, 2.05) is 29.8 Å². The third kappa shape index (κ3) is 2.91. The summed E-state index contributed by atoms with van der Waals surface area (Å²) in [4.78, 5) is 16.9. The second kappa shape index (κ2) is 6.14. The molecule has 2 aromatic heterocycles. The van der Waals surface area contributed by atoms with Crippen LogP contribution in [-0.4, -0.2) is 32.4 Å². The molecule has 128 valence electrons. The van der Waals surface area contributed by atoms with Crippen LogP contribution in [-0.2, 0) is 13.1 Å². The number of benzene rings is 1. The summed E-state index contributed by atoms with van der Waals surface area (Å²) >= 11 is 0. The van der Waals surface area contributed by atoms with Gasteiger partial charge in [0.2, 0.25) is 11.7 Å². The molecule has 0 aliphatic carbocycles. The maximum absolute atomic E-state index is 12.7. The SMILES string of the molecule is Cc1nc(-c2ccc(C)c(NC(=O)c3cnn4c3CNCC4)c2)no1. The summed E-state index contributed by atoms with van der Waals surface area (Å²) in [5, 5.41) is 14.5. The second-order valence-corrected chi connectivity index (χ2v) is 6.03. The van der Waals surface area contributed by atoms with Gasteiger partial charge < -0.3 is 15.2 Å². The Bertz CT molecular complexity index is 943. The Kier molecular flexibility index (Phi) is 3.81. The van der Waals surface area contributed by atoms with Gasteiger partial charge >= 0.3 is 0 Å². The van der Waals surface area contributed by atoms with Gasteiger partial charge in [-0.05, 0) is 18.6 Å². The van der Waals surface area contributed by atoms with Crippen molar-refractivity contribution < 1.29 is 9.32 Å². The lowest BCUT2D eigenvalue weighted by atomic mass is 10.1. The van der Waals surface area contributed by atoms with Crippen LogP contribution in [0.5, 0.6) is 0 Å². The molecule has 8 heteroatoms. The van der Waals surface area contributed by atoms with Crippen molar-refractivity contribution in [1.29, 1.82) is 0 Å². The number of amides is 1. The number of nitrogens with one attached hydrogen (secondary N) is 2. The van der Waals surface area contributed by atoms with Gasteiger partial charge in [-0.2, -0.15) is 10.1 Å². The highest BCUT2D eigenvalue weighted by molar-refractivity contribution is 6.05. The number of fused-ring (bicyclic) bond motifs is 1. The fourth-order valence-electron chi connectivity index (χ4n) is 2.87. The minimum absolute atomic E-state index is 0.172. The molecule has 0 saturated heterocycles. The van der Waals surface area contributed by atoms with Gasteiger partial charge in [-0.15, -0.1) is 0 Å². The third-order valence-electron chi connectivity index (χ3n) is 4.26. The van der Waals surface area contributed by atoms with E-state index < -0.39 is 0 Å². The molecule has 3 aromatic rings. The minimum Gasteiger partial charge on any atom is -0.339 e. The van der Waals surface area contributed by atoms with Crippen LogP contribution in [0.1, 0.15) is 27.5 Å². The summed E-state index contributed by atoms with van der Waals surface area (Å²) in [5.74, 6) is 0.828. The Morgan fingerprint density at radius 3 is 3.04 bits per heavy atom. The first-order valence-corrected chi connectivity index (χ1v) is 8.10. The zero-order valence-corrected chi connectivity index (χ0v) is 14.0. The van der Waals surface area contributed by atoms with Crippen LogP contribution in [0.15, 0.2) is 28.9 Å². The van der Waals surface area contributed by atoms with Crippen molar-refractivity contribution in [3.63, 3.8) is 0 Å². The van der Waals surface area contributed by atoms with Crippen molar-refractivity contribution >= 4 is 11.6 Å². The maximum Gasteiger partial charge on any atom is 0.259 e. The van der Waals surface area contributed by atoms with Gasteiger partial charge in [0.1, 0.15) is 0 Å². The van der Waals surface area contributed by atoms with Gasteiger partial charge in [0.15, 0.2) is 0 Å². The molecule has 1 amide bonds. The zero-order valence-electron chi connectivity index (χ0n) is 14.0. The van der Waals surface area contributed by atoms with Crippen LogP contribution in [0.4, 0.5) is 5.69 Å². The molecule has 25 heavy (non-hydrogen) atoms. The number of nitrogens with zero attached hydrogens (tertiary/aromatic N) is 4. The third-order valence-corrected chi connectivity index (χ3v) is 4.26. The van der Waals surface area contributed by atoms with E-state index in [4.69, 9.17) is 4.52 Å². The highest BCUT2D eigenvalue weighted by Gasteiger charge is 2.20. The second-order valence-electron chi connectivity index (χ2n) is 6.03. The van der Waals surface area contributed by atoms with Gasteiger partial charge in [0, 0.05) is 31.3 Å². The number of aryl methyl sites for hydroxylation is 2. The van der Waals surface area contributed by atoms with Gasteiger partial charge in [-0.3, -0.25) is 9.48 Å². The number of carbonyl (C=O) groups is 1. The quantitative estimate of drug-likeness (QED) is 0.757. The molecule has 1 aromatic carbocycles. The standard InChI is InChI=1S/C17H18N6O2/c1-10-3-4-12(16-20-11(2)25-22-16)7-14(10)21-17(24)13-8-19-23-6-5-18-9-15(13)23/h3-4,7-8,18H,5-6,9H2,1-2H3,(H,21,24). The van der Waals surface area contributed by atoms with Crippen molar-refractivity contribution in [2.75, 3.05) is 11.9 Å².